The van der Waals surface area contributed by atoms with Gasteiger partial charge >= 0.3 is 0 Å². The number of halogens is 1. The second-order valence-electron chi connectivity index (χ2n) is 4.60. The lowest BCUT2D eigenvalue weighted by Gasteiger charge is -2.12. The summed E-state index contributed by atoms with van der Waals surface area (Å²) in [6.07, 6.45) is 4.93. The molecule has 3 N–H and O–H groups in total. The van der Waals surface area contributed by atoms with Crippen molar-refractivity contribution in [3.8, 4) is 0 Å². The van der Waals surface area contributed by atoms with Gasteiger partial charge in [0.1, 0.15) is 0 Å². The minimum Gasteiger partial charge on any atom is -0.356 e. The van der Waals surface area contributed by atoms with E-state index in [1.807, 2.05) is 25.6 Å². The summed E-state index contributed by atoms with van der Waals surface area (Å²) in [5.74, 6) is 2.03. The van der Waals surface area contributed by atoms with Crippen LogP contribution in [0.4, 0.5) is 0 Å². The van der Waals surface area contributed by atoms with Gasteiger partial charge < -0.3 is 16.0 Å². The van der Waals surface area contributed by atoms with Crippen LogP contribution >= 0.6 is 35.7 Å². The number of amides is 1. The molecule has 0 spiro atoms. The third kappa shape index (κ3) is 14.2. The van der Waals surface area contributed by atoms with Crippen molar-refractivity contribution in [1.29, 1.82) is 0 Å². The van der Waals surface area contributed by atoms with E-state index in [0.717, 1.165) is 18.9 Å². The third-order valence-electron chi connectivity index (χ3n) is 2.39. The van der Waals surface area contributed by atoms with Crippen LogP contribution in [0, 0.1) is 0 Å². The lowest BCUT2D eigenvalue weighted by atomic mass is 10.3. The van der Waals surface area contributed by atoms with Gasteiger partial charge in [0.2, 0.25) is 5.91 Å². The van der Waals surface area contributed by atoms with Crippen LogP contribution in [0.2, 0.25) is 0 Å². The van der Waals surface area contributed by atoms with Gasteiger partial charge in [-0.3, -0.25) is 9.79 Å². The molecule has 0 aliphatic carbocycles. The molecule has 0 unspecified atom stereocenters. The van der Waals surface area contributed by atoms with Gasteiger partial charge in [-0.1, -0.05) is 0 Å². The molecule has 0 fully saturated rings. The summed E-state index contributed by atoms with van der Waals surface area (Å²) >= 11 is 1.87. The molecule has 0 aromatic rings. The Morgan fingerprint density at radius 1 is 1.20 bits per heavy atom. The SMILES string of the molecule is CN=C(NCCCCSC)NCCC(=O)NC(C)C.I. The molecule has 0 saturated carbocycles. The quantitative estimate of drug-likeness (QED) is 0.232. The largest absolute Gasteiger partial charge is 0.356 e. The Bertz CT molecular complexity index is 275. The van der Waals surface area contributed by atoms with Crippen molar-refractivity contribution in [2.75, 3.05) is 32.1 Å². The zero-order chi connectivity index (χ0) is 14.5. The summed E-state index contributed by atoms with van der Waals surface area (Å²) in [6.45, 7) is 5.43. The molecule has 0 aliphatic rings. The Morgan fingerprint density at radius 2 is 1.85 bits per heavy atom. The predicted octanol–water partition coefficient (Wildman–Crippen LogP) is 1.83. The smallest absolute Gasteiger partial charge is 0.221 e. The Kier molecular flexibility index (Phi) is 16.8. The molecule has 0 radical (unpaired) electrons. The Balaban J connectivity index is 0. The first-order chi connectivity index (χ1) is 9.10. The zero-order valence-electron chi connectivity index (χ0n) is 13.0. The van der Waals surface area contributed by atoms with E-state index in [1.54, 1.807) is 7.05 Å². The van der Waals surface area contributed by atoms with Gasteiger partial charge in [-0.25, -0.2) is 0 Å². The predicted molar refractivity (Wildman–Crippen MR) is 100 cm³/mol. The fraction of sp³-hybridized carbons (Fsp3) is 0.846. The van der Waals surface area contributed by atoms with Gasteiger partial charge in [-0.2, -0.15) is 11.8 Å². The van der Waals surface area contributed by atoms with Crippen LogP contribution < -0.4 is 16.0 Å². The van der Waals surface area contributed by atoms with Gasteiger partial charge in [0.05, 0.1) is 0 Å². The number of nitrogens with zero attached hydrogens (tertiary/aromatic N) is 1. The first-order valence-corrected chi connectivity index (χ1v) is 8.22. The van der Waals surface area contributed by atoms with Crippen LogP contribution in [0.25, 0.3) is 0 Å². The fourth-order valence-electron chi connectivity index (χ4n) is 1.49. The summed E-state index contributed by atoms with van der Waals surface area (Å²) in [6, 6.07) is 0.196. The maximum Gasteiger partial charge on any atom is 0.221 e. The highest BCUT2D eigenvalue weighted by Crippen LogP contribution is 1.97. The van der Waals surface area contributed by atoms with E-state index in [4.69, 9.17) is 0 Å². The molecule has 0 bridgehead atoms. The fourth-order valence-corrected chi connectivity index (χ4v) is 1.98. The number of hydrogen-bond acceptors (Lipinski definition) is 3. The number of guanidine groups is 1. The van der Waals surface area contributed by atoms with Gasteiger partial charge in [0, 0.05) is 32.6 Å². The molecule has 7 heteroatoms. The molecule has 0 aliphatic heterocycles. The molecule has 0 saturated heterocycles. The molecule has 0 aromatic carbocycles. The van der Waals surface area contributed by atoms with E-state index in [9.17, 15) is 4.79 Å². The summed E-state index contributed by atoms with van der Waals surface area (Å²) in [7, 11) is 1.74. The highest BCUT2D eigenvalue weighted by atomic mass is 127. The Labute approximate surface area is 144 Å². The molecule has 20 heavy (non-hydrogen) atoms. The normalized spacial score (nSPS) is 10.9. The number of carbonyl (C=O) groups is 1. The topological polar surface area (TPSA) is 65.5 Å². The van der Waals surface area contributed by atoms with Crippen molar-refractivity contribution in [1.82, 2.24) is 16.0 Å². The first-order valence-electron chi connectivity index (χ1n) is 6.83. The lowest BCUT2D eigenvalue weighted by Crippen LogP contribution is -2.40. The number of hydrogen-bond donors (Lipinski definition) is 3. The Hall–Kier alpha value is -0.180. The number of rotatable bonds is 9. The van der Waals surface area contributed by atoms with Gasteiger partial charge in [-0.15, -0.1) is 24.0 Å². The van der Waals surface area contributed by atoms with E-state index >= 15 is 0 Å². The molecule has 0 aromatic heterocycles. The summed E-state index contributed by atoms with van der Waals surface area (Å²) in [5, 5.41) is 9.24. The van der Waals surface area contributed by atoms with E-state index in [0.29, 0.717) is 13.0 Å². The van der Waals surface area contributed by atoms with Crippen molar-refractivity contribution < 1.29 is 4.79 Å². The number of aliphatic imine (C=N–C) groups is 1. The van der Waals surface area contributed by atoms with Crippen molar-refractivity contribution in [3.05, 3.63) is 0 Å². The average Bonchev–Trinajstić information content (AvgIpc) is 2.35. The number of thioether (sulfide) groups is 1. The lowest BCUT2D eigenvalue weighted by molar-refractivity contribution is -0.121. The Morgan fingerprint density at radius 3 is 2.40 bits per heavy atom. The second kappa shape index (κ2) is 15.2. The molecule has 0 rings (SSSR count). The van der Waals surface area contributed by atoms with E-state index < -0.39 is 0 Å². The summed E-state index contributed by atoms with van der Waals surface area (Å²) < 4.78 is 0. The van der Waals surface area contributed by atoms with Gasteiger partial charge in [0.15, 0.2) is 5.96 Å². The van der Waals surface area contributed by atoms with Gasteiger partial charge in [0.25, 0.3) is 0 Å². The minimum atomic E-state index is 0. The van der Waals surface area contributed by atoms with Crippen LogP contribution in [-0.2, 0) is 4.79 Å². The second-order valence-corrected chi connectivity index (χ2v) is 5.58. The van der Waals surface area contributed by atoms with E-state index in [2.05, 4.69) is 27.2 Å². The summed E-state index contributed by atoms with van der Waals surface area (Å²) in [4.78, 5) is 15.6. The zero-order valence-corrected chi connectivity index (χ0v) is 16.1. The molecule has 0 atom stereocenters. The monoisotopic (exact) mass is 416 g/mol. The maximum atomic E-state index is 11.4. The standard InChI is InChI=1S/C13H28N4OS.HI/c1-11(2)17-12(18)7-9-16-13(14-3)15-8-5-6-10-19-4;/h11H,5-10H2,1-4H3,(H,17,18)(H2,14,15,16);1H. The summed E-state index contributed by atoms with van der Waals surface area (Å²) in [5.41, 5.74) is 0. The highest BCUT2D eigenvalue weighted by molar-refractivity contribution is 14.0. The van der Waals surface area contributed by atoms with Crippen molar-refractivity contribution in [2.24, 2.45) is 4.99 Å². The number of nitrogens with one attached hydrogen (secondary N) is 3. The van der Waals surface area contributed by atoms with Crippen molar-refractivity contribution in [2.45, 2.75) is 39.2 Å². The molecule has 0 heterocycles. The van der Waals surface area contributed by atoms with Crippen LogP contribution in [0.1, 0.15) is 33.1 Å². The van der Waals surface area contributed by atoms with Crippen LogP contribution in [0.15, 0.2) is 4.99 Å². The van der Waals surface area contributed by atoms with Crippen molar-refractivity contribution in [3.63, 3.8) is 0 Å². The number of carbonyl (C=O) groups excluding carboxylic acids is 1. The number of unbranched alkanes of at least 4 members (excludes halogenated alkanes) is 1. The third-order valence-corrected chi connectivity index (χ3v) is 3.08. The molecule has 1 amide bonds. The minimum absolute atomic E-state index is 0. The molecule has 5 nitrogen and oxygen atoms in total. The molecule has 120 valence electrons. The maximum absolute atomic E-state index is 11.4. The first kappa shape index (κ1) is 22.1. The van der Waals surface area contributed by atoms with Crippen LogP contribution in [0.5, 0.6) is 0 Å². The van der Waals surface area contributed by atoms with E-state index in [-0.39, 0.29) is 35.9 Å². The molecular weight excluding hydrogens is 387 g/mol. The average molecular weight is 416 g/mol. The highest BCUT2D eigenvalue weighted by Gasteiger charge is 2.03. The van der Waals surface area contributed by atoms with Crippen molar-refractivity contribution >= 4 is 47.6 Å². The van der Waals surface area contributed by atoms with Crippen LogP contribution in [-0.4, -0.2) is 50.1 Å². The van der Waals surface area contributed by atoms with Crippen LogP contribution in [0.3, 0.4) is 0 Å². The van der Waals surface area contributed by atoms with Gasteiger partial charge in [-0.05, 0) is 38.7 Å². The molecular formula is C13H29IN4OS. The van der Waals surface area contributed by atoms with E-state index in [1.165, 1.54) is 12.2 Å².